The topological polar surface area (TPSA) is 111 Å². The molecule has 1 aliphatic heterocycles. The second-order valence-corrected chi connectivity index (χ2v) is 11.9. The summed E-state index contributed by atoms with van der Waals surface area (Å²) >= 11 is 7.47. The molecule has 1 aliphatic rings. The fraction of sp³-hybridized carbons (Fsp3) is 0.242. The lowest BCUT2D eigenvalue weighted by Crippen LogP contribution is -2.30. The molecule has 8 nitrogen and oxygen atoms in total. The normalized spacial score (nSPS) is 15.6. The Bertz CT molecular complexity index is 1900. The van der Waals surface area contributed by atoms with Crippen LogP contribution >= 0.6 is 22.9 Å². The number of halogens is 3. The van der Waals surface area contributed by atoms with Crippen LogP contribution in [0.25, 0.3) is 31.8 Å². The van der Waals surface area contributed by atoms with Gasteiger partial charge in [-0.05, 0) is 54.7 Å². The first-order valence-electron chi connectivity index (χ1n) is 14.2. The molecule has 0 bridgehead atoms. The Kier molecular flexibility index (Phi) is 8.84. The average molecular weight is 653 g/mol. The van der Waals surface area contributed by atoms with E-state index in [9.17, 15) is 19.4 Å². The van der Waals surface area contributed by atoms with Gasteiger partial charge < -0.3 is 24.4 Å². The standard InChI is InChI=1S/C33H27ClF2N2O6S/c1-17-19(12-13-22(39)28(17)34)26-27-31(37-16-38-32(27)45-30(26)20-8-6-9-21(35)29(20)36)44-24(33(40)41)15-18-7-2-3-10-23(18)43-25-11-4-5-14-42-25/h2-3,6-10,12-13,16,24-25,39H,4-5,11,14-15H2,1H3,(H,40,41)/t24-,25?/m1/s1. The van der Waals surface area contributed by atoms with Crippen LogP contribution in [0.5, 0.6) is 17.4 Å². The predicted molar refractivity (Wildman–Crippen MR) is 166 cm³/mol. The number of aromatic hydroxyl groups is 1. The highest BCUT2D eigenvalue weighted by molar-refractivity contribution is 7.22. The summed E-state index contributed by atoms with van der Waals surface area (Å²) in [6.45, 7) is 2.26. The fourth-order valence-electron chi connectivity index (χ4n) is 5.31. The number of para-hydroxylation sites is 1. The van der Waals surface area contributed by atoms with Crippen molar-refractivity contribution in [3.05, 3.63) is 88.7 Å². The molecular weight excluding hydrogens is 626 g/mol. The van der Waals surface area contributed by atoms with Gasteiger partial charge in [0.25, 0.3) is 0 Å². The van der Waals surface area contributed by atoms with Crippen molar-refractivity contribution in [2.24, 2.45) is 0 Å². The highest BCUT2D eigenvalue weighted by atomic mass is 35.5. The van der Waals surface area contributed by atoms with Gasteiger partial charge in [-0.2, -0.15) is 0 Å². The van der Waals surface area contributed by atoms with Gasteiger partial charge in [0.2, 0.25) is 12.0 Å². The van der Waals surface area contributed by atoms with Gasteiger partial charge in [0, 0.05) is 28.8 Å². The largest absolute Gasteiger partial charge is 0.506 e. The summed E-state index contributed by atoms with van der Waals surface area (Å²) in [7, 11) is 0. The second-order valence-electron chi connectivity index (χ2n) is 10.5. The number of carboxylic acid groups (broad SMARTS) is 1. The molecule has 2 N–H and O–H groups in total. The molecule has 0 saturated carbocycles. The second kappa shape index (κ2) is 13.0. The molecule has 2 atom stereocenters. The van der Waals surface area contributed by atoms with Gasteiger partial charge in [0.15, 0.2) is 17.9 Å². The summed E-state index contributed by atoms with van der Waals surface area (Å²) in [5.41, 5.74) is 1.85. The Labute approximate surface area is 265 Å². The van der Waals surface area contributed by atoms with Crippen molar-refractivity contribution < 1.29 is 38.0 Å². The number of hydrogen-bond donors (Lipinski definition) is 2. The number of fused-ring (bicyclic) bond motifs is 1. The lowest BCUT2D eigenvalue weighted by molar-refractivity contribution is -0.145. The summed E-state index contributed by atoms with van der Waals surface area (Å²) in [4.78, 5) is 21.9. The lowest BCUT2D eigenvalue weighted by Gasteiger charge is -2.25. The van der Waals surface area contributed by atoms with E-state index in [-0.39, 0.29) is 34.0 Å². The maximum atomic E-state index is 15.2. The Morgan fingerprint density at radius 3 is 2.71 bits per heavy atom. The van der Waals surface area contributed by atoms with Gasteiger partial charge in [-0.3, -0.25) is 0 Å². The molecule has 0 spiro atoms. The van der Waals surface area contributed by atoms with E-state index in [1.165, 1.54) is 24.5 Å². The van der Waals surface area contributed by atoms with Gasteiger partial charge in [-0.15, -0.1) is 11.3 Å². The molecule has 232 valence electrons. The van der Waals surface area contributed by atoms with Crippen molar-refractivity contribution in [3.8, 4) is 38.9 Å². The van der Waals surface area contributed by atoms with Crippen LogP contribution in [0.15, 0.2) is 60.9 Å². The first kappa shape index (κ1) is 30.7. The summed E-state index contributed by atoms with van der Waals surface area (Å²) in [5.74, 6) is -3.09. The fourth-order valence-corrected chi connectivity index (χ4v) is 6.64. The Hall–Kier alpha value is -4.32. The summed E-state index contributed by atoms with van der Waals surface area (Å²) in [6, 6.07) is 13.9. The van der Waals surface area contributed by atoms with Crippen LogP contribution < -0.4 is 9.47 Å². The number of carbonyl (C=O) groups is 1. The molecule has 45 heavy (non-hydrogen) atoms. The lowest BCUT2D eigenvalue weighted by atomic mass is 9.95. The van der Waals surface area contributed by atoms with Crippen LogP contribution in [0.3, 0.4) is 0 Å². The van der Waals surface area contributed by atoms with E-state index in [2.05, 4.69) is 9.97 Å². The van der Waals surface area contributed by atoms with Crippen LogP contribution in [-0.2, 0) is 16.0 Å². The molecule has 0 radical (unpaired) electrons. The Balaban J connectivity index is 1.46. The smallest absolute Gasteiger partial charge is 0.345 e. The van der Waals surface area contributed by atoms with E-state index in [0.717, 1.165) is 36.7 Å². The third-order valence-corrected chi connectivity index (χ3v) is 9.20. The van der Waals surface area contributed by atoms with E-state index in [4.69, 9.17) is 25.8 Å². The SMILES string of the molecule is Cc1c(-c2c(-c3cccc(F)c3F)sc3ncnc(O[C@H](Cc4ccccc4OC4CCCCO4)C(=O)O)c23)ccc(O)c1Cl. The number of benzene rings is 3. The maximum Gasteiger partial charge on any atom is 0.345 e. The Morgan fingerprint density at radius 1 is 1.11 bits per heavy atom. The van der Waals surface area contributed by atoms with Gasteiger partial charge in [0.1, 0.15) is 22.7 Å². The van der Waals surface area contributed by atoms with E-state index in [1.807, 2.05) is 0 Å². The zero-order chi connectivity index (χ0) is 31.7. The number of ether oxygens (including phenoxy) is 3. The minimum absolute atomic E-state index is 0.0339. The number of hydrogen-bond acceptors (Lipinski definition) is 8. The van der Waals surface area contributed by atoms with Crippen molar-refractivity contribution in [1.29, 1.82) is 0 Å². The van der Waals surface area contributed by atoms with Crippen molar-refractivity contribution in [2.45, 2.75) is 45.0 Å². The van der Waals surface area contributed by atoms with Gasteiger partial charge >= 0.3 is 5.97 Å². The molecule has 0 aliphatic carbocycles. The van der Waals surface area contributed by atoms with Crippen molar-refractivity contribution in [2.75, 3.05) is 6.61 Å². The van der Waals surface area contributed by atoms with Gasteiger partial charge in [0.05, 0.1) is 17.0 Å². The first-order valence-corrected chi connectivity index (χ1v) is 15.4. The minimum Gasteiger partial charge on any atom is -0.506 e. The molecule has 12 heteroatoms. The van der Waals surface area contributed by atoms with Gasteiger partial charge in [-0.1, -0.05) is 48.0 Å². The molecular formula is C33H27ClF2N2O6S. The van der Waals surface area contributed by atoms with Crippen LogP contribution in [-0.4, -0.2) is 45.2 Å². The molecule has 0 amide bonds. The number of phenols is 1. The summed E-state index contributed by atoms with van der Waals surface area (Å²) < 4.78 is 47.5. The number of carboxylic acids is 1. The molecule has 3 heterocycles. The highest BCUT2D eigenvalue weighted by Crippen LogP contribution is 2.50. The van der Waals surface area contributed by atoms with E-state index in [1.54, 1.807) is 37.3 Å². The van der Waals surface area contributed by atoms with E-state index >= 15 is 4.39 Å². The Morgan fingerprint density at radius 2 is 1.93 bits per heavy atom. The molecule has 1 fully saturated rings. The summed E-state index contributed by atoms with van der Waals surface area (Å²) in [6.07, 6.45) is 1.95. The molecule has 1 saturated heterocycles. The summed E-state index contributed by atoms with van der Waals surface area (Å²) in [5, 5.41) is 20.8. The molecule has 2 aromatic heterocycles. The maximum absolute atomic E-state index is 15.2. The zero-order valence-corrected chi connectivity index (χ0v) is 25.5. The van der Waals surface area contributed by atoms with Crippen molar-refractivity contribution in [3.63, 3.8) is 0 Å². The number of aromatic nitrogens is 2. The predicted octanol–water partition coefficient (Wildman–Crippen LogP) is 7.95. The van der Waals surface area contributed by atoms with Crippen LogP contribution in [0.2, 0.25) is 5.02 Å². The number of aliphatic carboxylic acids is 1. The first-order chi connectivity index (χ1) is 21.7. The third-order valence-electron chi connectivity index (χ3n) is 7.59. The van der Waals surface area contributed by atoms with Gasteiger partial charge in [-0.25, -0.2) is 23.5 Å². The highest BCUT2D eigenvalue weighted by Gasteiger charge is 2.29. The quantitative estimate of drug-likeness (QED) is 0.165. The monoisotopic (exact) mass is 652 g/mol. The van der Waals surface area contributed by atoms with Crippen molar-refractivity contribution in [1.82, 2.24) is 9.97 Å². The molecule has 1 unspecified atom stereocenters. The minimum atomic E-state index is -1.41. The van der Waals surface area contributed by atoms with E-state index < -0.39 is 30.0 Å². The number of rotatable bonds is 9. The molecule has 5 aromatic rings. The van der Waals surface area contributed by atoms with Crippen LogP contribution in [0, 0.1) is 18.6 Å². The molecule has 6 rings (SSSR count). The number of thiophene rings is 1. The zero-order valence-electron chi connectivity index (χ0n) is 23.9. The number of phenolic OH excluding ortho intramolecular Hbond substituents is 1. The average Bonchev–Trinajstić information content (AvgIpc) is 3.42. The van der Waals surface area contributed by atoms with E-state index in [0.29, 0.717) is 44.3 Å². The van der Waals surface area contributed by atoms with Crippen LogP contribution in [0.4, 0.5) is 8.78 Å². The van der Waals surface area contributed by atoms with Crippen LogP contribution in [0.1, 0.15) is 30.4 Å². The number of nitrogens with zero attached hydrogens (tertiary/aromatic N) is 2. The third kappa shape index (κ3) is 6.15. The van der Waals surface area contributed by atoms with Crippen molar-refractivity contribution >= 4 is 39.1 Å². The molecule has 3 aromatic carbocycles.